The number of halogens is 1. The molecule has 1 saturated heterocycles. The van der Waals surface area contributed by atoms with Gasteiger partial charge in [-0.25, -0.2) is 17.6 Å². The zero-order valence-electron chi connectivity index (χ0n) is 13.5. The second-order valence-corrected chi connectivity index (χ2v) is 7.54. The van der Waals surface area contributed by atoms with E-state index >= 15 is 0 Å². The fraction of sp³-hybridized carbons (Fsp3) is 0.333. The molecule has 1 aromatic heterocycles. The minimum absolute atomic E-state index is 0.0323. The van der Waals surface area contributed by atoms with Gasteiger partial charge in [-0.05, 0) is 31.2 Å². The Bertz CT molecular complexity index is 858. The minimum atomic E-state index is -3.70. The molecule has 8 nitrogen and oxygen atoms in total. The van der Waals surface area contributed by atoms with Gasteiger partial charge in [0.05, 0.1) is 4.90 Å². The smallest absolute Gasteiger partial charge is 0.323 e. The van der Waals surface area contributed by atoms with E-state index in [-0.39, 0.29) is 37.1 Å². The molecule has 0 unspecified atom stereocenters. The summed E-state index contributed by atoms with van der Waals surface area (Å²) >= 11 is 0. The summed E-state index contributed by atoms with van der Waals surface area (Å²) in [7, 11) is -3.70. The third kappa shape index (κ3) is 3.80. The molecule has 0 aliphatic carbocycles. The van der Waals surface area contributed by atoms with E-state index in [0.717, 1.165) is 12.1 Å². The summed E-state index contributed by atoms with van der Waals surface area (Å²) in [4.78, 5) is 13.7. The van der Waals surface area contributed by atoms with E-state index in [4.69, 9.17) is 4.52 Å². The number of urea groups is 1. The molecule has 1 aromatic carbocycles. The Hall–Kier alpha value is -2.46. The molecule has 1 aliphatic rings. The van der Waals surface area contributed by atoms with Gasteiger partial charge in [0, 0.05) is 32.2 Å². The van der Waals surface area contributed by atoms with Crippen molar-refractivity contribution in [3.05, 3.63) is 41.9 Å². The molecule has 0 spiro atoms. The first-order chi connectivity index (χ1) is 11.9. The van der Waals surface area contributed by atoms with E-state index in [1.165, 1.54) is 21.3 Å². The van der Waals surface area contributed by atoms with Crippen molar-refractivity contribution in [2.45, 2.75) is 11.8 Å². The largest absolute Gasteiger partial charge is 0.360 e. The molecular weight excluding hydrogens is 351 g/mol. The van der Waals surface area contributed by atoms with Crippen molar-refractivity contribution in [1.29, 1.82) is 0 Å². The molecule has 0 atom stereocenters. The van der Waals surface area contributed by atoms with Crippen molar-refractivity contribution in [2.75, 3.05) is 31.5 Å². The van der Waals surface area contributed by atoms with Crippen LogP contribution in [0.1, 0.15) is 5.76 Å². The summed E-state index contributed by atoms with van der Waals surface area (Å²) in [5, 5.41) is 6.28. The summed E-state index contributed by atoms with van der Waals surface area (Å²) in [6.45, 7) is 2.50. The first-order valence-electron chi connectivity index (χ1n) is 7.61. The first-order valence-corrected chi connectivity index (χ1v) is 9.05. The Balaban J connectivity index is 1.61. The predicted octanol–water partition coefficient (Wildman–Crippen LogP) is 1.66. The Labute approximate surface area is 144 Å². The molecule has 1 N–H and O–H groups in total. The highest BCUT2D eigenvalue weighted by Crippen LogP contribution is 2.18. The van der Waals surface area contributed by atoms with Crippen LogP contribution in [0.25, 0.3) is 0 Å². The standard InChI is InChI=1S/C15H17FN4O4S/c1-11-10-14(18-24-11)17-15(21)19-6-8-20(9-7-19)25(22,23)13-4-2-12(16)3-5-13/h2-5,10H,6-9H2,1H3,(H,17,18,21). The number of carbonyl (C=O) groups is 1. The number of anilines is 1. The summed E-state index contributed by atoms with van der Waals surface area (Å²) < 4.78 is 44.2. The van der Waals surface area contributed by atoms with Gasteiger partial charge in [0.15, 0.2) is 5.82 Å². The average Bonchev–Trinajstić information content (AvgIpc) is 3.00. The number of aromatic nitrogens is 1. The van der Waals surface area contributed by atoms with Gasteiger partial charge in [0.2, 0.25) is 10.0 Å². The highest BCUT2D eigenvalue weighted by molar-refractivity contribution is 7.89. The van der Waals surface area contributed by atoms with Gasteiger partial charge in [-0.15, -0.1) is 0 Å². The molecule has 2 aromatic rings. The lowest BCUT2D eigenvalue weighted by molar-refractivity contribution is 0.184. The van der Waals surface area contributed by atoms with Crippen LogP contribution in [0.2, 0.25) is 0 Å². The van der Waals surface area contributed by atoms with Crippen molar-refractivity contribution in [3.8, 4) is 0 Å². The summed E-state index contributed by atoms with van der Waals surface area (Å²) in [5.41, 5.74) is 0. The maximum Gasteiger partial charge on any atom is 0.323 e. The molecule has 25 heavy (non-hydrogen) atoms. The molecule has 3 rings (SSSR count). The fourth-order valence-corrected chi connectivity index (χ4v) is 3.92. The van der Waals surface area contributed by atoms with E-state index in [1.807, 2.05) is 0 Å². The normalized spacial score (nSPS) is 16.0. The second kappa shape index (κ2) is 6.81. The Kier molecular flexibility index (Phi) is 4.73. The minimum Gasteiger partial charge on any atom is -0.360 e. The number of nitrogens with one attached hydrogen (secondary N) is 1. The van der Waals surface area contributed by atoms with Crippen LogP contribution < -0.4 is 5.32 Å². The predicted molar refractivity (Wildman–Crippen MR) is 87.0 cm³/mol. The maximum absolute atomic E-state index is 13.0. The first kappa shape index (κ1) is 17.4. The number of hydrogen-bond donors (Lipinski definition) is 1. The molecule has 0 saturated carbocycles. The Morgan fingerprint density at radius 1 is 1.20 bits per heavy atom. The number of benzene rings is 1. The molecule has 134 valence electrons. The Morgan fingerprint density at radius 3 is 2.40 bits per heavy atom. The molecule has 10 heteroatoms. The number of amides is 2. The second-order valence-electron chi connectivity index (χ2n) is 5.60. The van der Waals surface area contributed by atoms with Crippen LogP contribution in [-0.4, -0.2) is 55.0 Å². The lowest BCUT2D eigenvalue weighted by atomic mass is 10.3. The highest BCUT2D eigenvalue weighted by Gasteiger charge is 2.30. The average molecular weight is 368 g/mol. The van der Waals surface area contributed by atoms with Crippen LogP contribution in [0.4, 0.5) is 15.0 Å². The van der Waals surface area contributed by atoms with E-state index in [0.29, 0.717) is 11.6 Å². The van der Waals surface area contributed by atoms with Gasteiger partial charge in [-0.2, -0.15) is 4.31 Å². The number of rotatable bonds is 3. The molecule has 1 fully saturated rings. The lowest BCUT2D eigenvalue weighted by Crippen LogP contribution is -2.51. The lowest BCUT2D eigenvalue weighted by Gasteiger charge is -2.33. The monoisotopic (exact) mass is 368 g/mol. The third-order valence-electron chi connectivity index (χ3n) is 3.84. The molecule has 0 bridgehead atoms. The topological polar surface area (TPSA) is 95.8 Å². The van der Waals surface area contributed by atoms with Gasteiger partial charge in [-0.3, -0.25) is 5.32 Å². The molecule has 0 radical (unpaired) electrons. The zero-order valence-corrected chi connectivity index (χ0v) is 14.3. The fourth-order valence-electron chi connectivity index (χ4n) is 2.50. The van der Waals surface area contributed by atoms with Crippen LogP contribution in [0.3, 0.4) is 0 Å². The van der Waals surface area contributed by atoms with Crippen molar-refractivity contribution in [1.82, 2.24) is 14.4 Å². The van der Waals surface area contributed by atoms with E-state index in [2.05, 4.69) is 10.5 Å². The van der Waals surface area contributed by atoms with Crippen LogP contribution >= 0.6 is 0 Å². The highest BCUT2D eigenvalue weighted by atomic mass is 32.2. The van der Waals surface area contributed by atoms with Crippen LogP contribution in [0, 0.1) is 12.7 Å². The van der Waals surface area contributed by atoms with Crippen molar-refractivity contribution in [2.24, 2.45) is 0 Å². The maximum atomic E-state index is 13.0. The quantitative estimate of drug-likeness (QED) is 0.889. The van der Waals surface area contributed by atoms with Crippen molar-refractivity contribution < 1.29 is 22.1 Å². The van der Waals surface area contributed by atoms with Gasteiger partial charge < -0.3 is 9.42 Å². The summed E-state index contributed by atoms with van der Waals surface area (Å²) in [5.74, 6) is 0.387. The number of hydrogen-bond acceptors (Lipinski definition) is 5. The van der Waals surface area contributed by atoms with E-state index < -0.39 is 15.8 Å². The number of sulfonamides is 1. The number of piperazine rings is 1. The zero-order chi connectivity index (χ0) is 18.0. The summed E-state index contributed by atoms with van der Waals surface area (Å²) in [6.07, 6.45) is 0. The Morgan fingerprint density at radius 2 is 1.84 bits per heavy atom. The summed E-state index contributed by atoms with van der Waals surface area (Å²) in [6, 6.07) is 5.90. The van der Waals surface area contributed by atoms with Gasteiger partial charge in [0.25, 0.3) is 0 Å². The van der Waals surface area contributed by atoms with Crippen LogP contribution in [0.5, 0.6) is 0 Å². The SMILES string of the molecule is Cc1cc(NC(=O)N2CCN(S(=O)(=O)c3ccc(F)cc3)CC2)no1. The van der Waals surface area contributed by atoms with E-state index in [9.17, 15) is 17.6 Å². The molecule has 2 heterocycles. The molecule has 1 aliphatic heterocycles. The number of aryl methyl sites for hydroxylation is 1. The van der Waals surface area contributed by atoms with Crippen molar-refractivity contribution in [3.63, 3.8) is 0 Å². The molecular formula is C15H17FN4O4S. The van der Waals surface area contributed by atoms with E-state index in [1.54, 1.807) is 13.0 Å². The van der Waals surface area contributed by atoms with Crippen LogP contribution in [0.15, 0.2) is 39.8 Å². The van der Waals surface area contributed by atoms with Crippen LogP contribution in [-0.2, 0) is 10.0 Å². The van der Waals surface area contributed by atoms with Crippen molar-refractivity contribution >= 4 is 21.9 Å². The molecule has 2 amide bonds. The third-order valence-corrected chi connectivity index (χ3v) is 5.75. The van der Waals surface area contributed by atoms with Gasteiger partial charge >= 0.3 is 6.03 Å². The van der Waals surface area contributed by atoms with Gasteiger partial charge in [0.1, 0.15) is 11.6 Å². The van der Waals surface area contributed by atoms with Gasteiger partial charge in [-0.1, -0.05) is 5.16 Å². The number of nitrogens with zero attached hydrogens (tertiary/aromatic N) is 3. The number of carbonyl (C=O) groups excluding carboxylic acids is 1.